The molecule has 0 saturated carbocycles. The second-order valence-corrected chi connectivity index (χ2v) is 5.06. The van der Waals surface area contributed by atoms with Crippen molar-refractivity contribution in [2.24, 2.45) is 13.0 Å². The van der Waals surface area contributed by atoms with Gasteiger partial charge in [-0.3, -0.25) is 9.59 Å². The van der Waals surface area contributed by atoms with Crippen LogP contribution in [0.2, 0.25) is 0 Å². The molecule has 0 bridgehead atoms. The number of amides is 1. The molecule has 1 aromatic rings. The van der Waals surface area contributed by atoms with Crippen LogP contribution in [0.5, 0.6) is 0 Å². The number of rotatable bonds is 4. The van der Waals surface area contributed by atoms with Crippen LogP contribution in [0.25, 0.3) is 0 Å². The minimum atomic E-state index is -0.915. The van der Waals surface area contributed by atoms with Crippen molar-refractivity contribution in [3.05, 3.63) is 23.5 Å². The Labute approximate surface area is 117 Å². The highest BCUT2D eigenvalue weighted by atomic mass is 16.5. The van der Waals surface area contributed by atoms with Gasteiger partial charge < -0.3 is 19.3 Å². The fraction of sp³-hybridized carbons (Fsp3) is 0.571. The third-order valence-corrected chi connectivity index (χ3v) is 3.96. The number of ether oxygens (including phenoxy) is 1. The van der Waals surface area contributed by atoms with E-state index in [-0.39, 0.29) is 19.1 Å². The molecule has 0 aromatic carbocycles. The van der Waals surface area contributed by atoms with E-state index in [1.165, 1.54) is 0 Å². The Morgan fingerprint density at radius 2 is 2.15 bits per heavy atom. The van der Waals surface area contributed by atoms with Crippen LogP contribution in [0.15, 0.2) is 12.1 Å². The van der Waals surface area contributed by atoms with Crippen molar-refractivity contribution in [1.29, 1.82) is 0 Å². The molecule has 2 rings (SSSR count). The largest absolute Gasteiger partial charge is 0.481 e. The fourth-order valence-electron chi connectivity index (χ4n) is 2.59. The monoisotopic (exact) mass is 280 g/mol. The maximum absolute atomic E-state index is 12.6. The predicted octanol–water partition coefficient (Wildman–Crippen LogP) is 0.895. The number of likely N-dealkylation sites (N-methyl/N-ethyl adjacent to an activating group) is 1. The molecule has 20 heavy (non-hydrogen) atoms. The molecule has 1 amide bonds. The van der Waals surface area contributed by atoms with Crippen molar-refractivity contribution in [2.75, 3.05) is 19.8 Å². The molecule has 1 aliphatic rings. The van der Waals surface area contributed by atoms with Crippen LogP contribution < -0.4 is 0 Å². The number of carboxylic acid groups (broad SMARTS) is 1. The van der Waals surface area contributed by atoms with Gasteiger partial charge >= 0.3 is 5.97 Å². The summed E-state index contributed by atoms with van der Waals surface area (Å²) in [6, 6.07) is 3.24. The molecule has 1 aromatic heterocycles. The Kier molecular flexibility index (Phi) is 4.13. The van der Waals surface area contributed by atoms with E-state index >= 15 is 0 Å². The van der Waals surface area contributed by atoms with Gasteiger partial charge in [-0.15, -0.1) is 0 Å². The molecular formula is C14H20N2O4. The number of aryl methyl sites for hydroxylation is 1. The SMILES string of the molecule is CCN(C(=O)c1ccc(C)n1C)C1COCC1C(=O)O. The highest BCUT2D eigenvalue weighted by Crippen LogP contribution is 2.22. The van der Waals surface area contributed by atoms with Gasteiger partial charge in [0.2, 0.25) is 0 Å². The van der Waals surface area contributed by atoms with Crippen molar-refractivity contribution in [2.45, 2.75) is 19.9 Å². The summed E-state index contributed by atoms with van der Waals surface area (Å²) in [5.74, 6) is -1.72. The lowest BCUT2D eigenvalue weighted by Gasteiger charge is -2.29. The van der Waals surface area contributed by atoms with Gasteiger partial charge in [-0.1, -0.05) is 0 Å². The number of carbonyl (C=O) groups is 2. The lowest BCUT2D eigenvalue weighted by Crippen LogP contribution is -2.46. The van der Waals surface area contributed by atoms with E-state index in [0.717, 1.165) is 5.69 Å². The third kappa shape index (κ3) is 2.43. The van der Waals surface area contributed by atoms with Gasteiger partial charge in [-0.05, 0) is 26.0 Å². The Morgan fingerprint density at radius 1 is 1.45 bits per heavy atom. The summed E-state index contributed by atoms with van der Waals surface area (Å²) in [4.78, 5) is 25.5. The van der Waals surface area contributed by atoms with E-state index in [2.05, 4.69) is 0 Å². The minimum Gasteiger partial charge on any atom is -0.481 e. The topological polar surface area (TPSA) is 71.8 Å². The number of hydrogen-bond donors (Lipinski definition) is 1. The molecule has 6 nitrogen and oxygen atoms in total. The number of aliphatic carboxylic acids is 1. The minimum absolute atomic E-state index is 0.148. The number of nitrogens with zero attached hydrogens (tertiary/aromatic N) is 2. The molecule has 2 unspecified atom stereocenters. The Bertz CT molecular complexity index is 523. The summed E-state index contributed by atoms with van der Waals surface area (Å²) in [7, 11) is 1.83. The zero-order valence-electron chi connectivity index (χ0n) is 12.0. The van der Waals surface area contributed by atoms with Gasteiger partial charge in [0, 0.05) is 19.3 Å². The molecule has 6 heteroatoms. The summed E-state index contributed by atoms with van der Waals surface area (Å²) in [5, 5.41) is 9.22. The van der Waals surface area contributed by atoms with Crippen molar-refractivity contribution in [1.82, 2.24) is 9.47 Å². The van der Waals surface area contributed by atoms with Gasteiger partial charge in [0.05, 0.1) is 19.3 Å². The molecule has 1 fully saturated rings. The molecule has 0 spiro atoms. The Hall–Kier alpha value is -1.82. The van der Waals surface area contributed by atoms with Gasteiger partial charge in [0.15, 0.2) is 0 Å². The van der Waals surface area contributed by atoms with Gasteiger partial charge in [0.1, 0.15) is 11.6 Å². The molecular weight excluding hydrogens is 260 g/mol. The molecule has 0 aliphatic carbocycles. The highest BCUT2D eigenvalue weighted by molar-refractivity contribution is 5.93. The molecule has 2 atom stereocenters. The first-order chi connectivity index (χ1) is 9.47. The standard InChI is InChI=1S/C14H20N2O4/c1-4-16(12-8-20-7-10(12)14(18)19)13(17)11-6-5-9(2)15(11)3/h5-6,10,12H,4,7-8H2,1-3H3,(H,18,19). The lowest BCUT2D eigenvalue weighted by molar-refractivity contribution is -0.142. The number of aromatic nitrogens is 1. The normalized spacial score (nSPS) is 21.9. The van der Waals surface area contributed by atoms with Gasteiger partial charge in [0.25, 0.3) is 5.91 Å². The van der Waals surface area contributed by atoms with E-state index in [1.807, 2.05) is 31.5 Å². The van der Waals surface area contributed by atoms with Crippen LogP contribution in [0.1, 0.15) is 23.1 Å². The summed E-state index contributed by atoms with van der Waals surface area (Å²) in [6.45, 7) is 4.67. The van der Waals surface area contributed by atoms with Crippen LogP contribution in [0.4, 0.5) is 0 Å². The Morgan fingerprint density at radius 3 is 2.65 bits per heavy atom. The molecule has 1 N–H and O–H groups in total. The zero-order valence-corrected chi connectivity index (χ0v) is 12.0. The van der Waals surface area contributed by atoms with Crippen molar-refractivity contribution < 1.29 is 19.4 Å². The maximum Gasteiger partial charge on any atom is 0.311 e. The average Bonchev–Trinajstić information content (AvgIpc) is 2.99. The van der Waals surface area contributed by atoms with E-state index in [0.29, 0.717) is 12.2 Å². The summed E-state index contributed by atoms with van der Waals surface area (Å²) >= 11 is 0. The molecule has 0 radical (unpaired) electrons. The van der Waals surface area contributed by atoms with Crippen LogP contribution in [0.3, 0.4) is 0 Å². The highest BCUT2D eigenvalue weighted by Gasteiger charge is 2.40. The first kappa shape index (κ1) is 14.6. The van der Waals surface area contributed by atoms with E-state index in [9.17, 15) is 14.7 Å². The van der Waals surface area contributed by atoms with Crippen LogP contribution in [-0.4, -0.2) is 52.3 Å². The first-order valence-corrected chi connectivity index (χ1v) is 6.71. The maximum atomic E-state index is 12.6. The summed E-state index contributed by atoms with van der Waals surface area (Å²) in [6.07, 6.45) is 0. The van der Waals surface area contributed by atoms with E-state index < -0.39 is 17.9 Å². The second kappa shape index (κ2) is 5.66. The van der Waals surface area contributed by atoms with Crippen LogP contribution in [-0.2, 0) is 16.6 Å². The quantitative estimate of drug-likeness (QED) is 0.889. The number of carbonyl (C=O) groups excluding carboxylic acids is 1. The number of hydrogen-bond acceptors (Lipinski definition) is 3. The molecule has 1 aliphatic heterocycles. The zero-order chi connectivity index (χ0) is 14.9. The van der Waals surface area contributed by atoms with Crippen molar-refractivity contribution >= 4 is 11.9 Å². The van der Waals surface area contributed by atoms with Crippen molar-refractivity contribution in [3.63, 3.8) is 0 Å². The second-order valence-electron chi connectivity index (χ2n) is 5.06. The predicted molar refractivity (Wildman–Crippen MR) is 72.6 cm³/mol. The van der Waals surface area contributed by atoms with Crippen molar-refractivity contribution in [3.8, 4) is 0 Å². The van der Waals surface area contributed by atoms with E-state index in [4.69, 9.17) is 4.74 Å². The lowest BCUT2D eigenvalue weighted by atomic mass is 10.0. The fourth-order valence-corrected chi connectivity index (χ4v) is 2.59. The molecule has 1 saturated heterocycles. The first-order valence-electron chi connectivity index (χ1n) is 6.71. The Balaban J connectivity index is 2.26. The summed E-state index contributed by atoms with van der Waals surface area (Å²) < 4.78 is 7.07. The van der Waals surface area contributed by atoms with Gasteiger partial charge in [-0.2, -0.15) is 0 Å². The smallest absolute Gasteiger partial charge is 0.311 e. The van der Waals surface area contributed by atoms with Crippen LogP contribution in [0, 0.1) is 12.8 Å². The van der Waals surface area contributed by atoms with Gasteiger partial charge in [-0.25, -0.2) is 0 Å². The molecule has 110 valence electrons. The molecule has 2 heterocycles. The average molecular weight is 280 g/mol. The van der Waals surface area contributed by atoms with E-state index in [1.54, 1.807) is 11.0 Å². The number of carboxylic acids is 1. The third-order valence-electron chi connectivity index (χ3n) is 3.96. The van der Waals surface area contributed by atoms with Crippen LogP contribution >= 0.6 is 0 Å². The summed E-state index contributed by atoms with van der Waals surface area (Å²) in [5.41, 5.74) is 1.56.